The third kappa shape index (κ3) is 4.14. The first-order valence-corrected chi connectivity index (χ1v) is 3.23. The summed E-state index contributed by atoms with van der Waals surface area (Å²) in [6, 6.07) is 0. The molecule has 0 aliphatic carbocycles. The second-order valence-corrected chi connectivity index (χ2v) is 2.09. The van der Waals surface area contributed by atoms with Gasteiger partial charge in [0.1, 0.15) is 0 Å². The molecule has 4 nitrogen and oxygen atoms in total. The van der Waals surface area contributed by atoms with Crippen LogP contribution in [0.4, 0.5) is 4.79 Å². The largest absolute Gasteiger partial charge is 0.449 e. The summed E-state index contributed by atoms with van der Waals surface area (Å²) in [5.41, 5.74) is 4.71. The molecule has 0 heterocycles. The number of carbonyl (C=O) groups is 1. The number of rotatable bonds is 4. The Morgan fingerprint density at radius 1 is 1.80 bits per heavy atom. The van der Waals surface area contributed by atoms with Gasteiger partial charge >= 0.3 is 6.09 Å². The van der Waals surface area contributed by atoms with E-state index in [1.807, 2.05) is 6.92 Å². The van der Waals surface area contributed by atoms with Crippen LogP contribution in [0.2, 0.25) is 0 Å². The Morgan fingerprint density at radius 3 is 2.70 bits per heavy atom. The molecule has 0 bridgehead atoms. The van der Waals surface area contributed by atoms with E-state index in [1.54, 1.807) is 0 Å². The molecular formula is C6H13NO3. The zero-order chi connectivity index (χ0) is 7.98. The molecule has 0 saturated carbocycles. The maximum Gasteiger partial charge on any atom is 0.404 e. The summed E-state index contributed by atoms with van der Waals surface area (Å²) in [5, 5.41) is 8.61. The molecule has 1 atom stereocenters. The van der Waals surface area contributed by atoms with Crippen LogP contribution in [0.3, 0.4) is 0 Å². The molecule has 0 aromatic rings. The molecule has 0 fully saturated rings. The number of hydrogen-bond acceptors (Lipinski definition) is 3. The van der Waals surface area contributed by atoms with Crippen molar-refractivity contribution < 1.29 is 14.6 Å². The van der Waals surface area contributed by atoms with Gasteiger partial charge in [0.25, 0.3) is 0 Å². The quantitative estimate of drug-likeness (QED) is 0.592. The minimum Gasteiger partial charge on any atom is -0.449 e. The number of amides is 1. The fraction of sp³-hybridized carbons (Fsp3) is 0.833. The average Bonchev–Trinajstić information content (AvgIpc) is 1.90. The van der Waals surface area contributed by atoms with E-state index in [1.165, 1.54) is 0 Å². The SMILES string of the molecule is CC[C@@H](CO)COC(N)=O. The highest BCUT2D eigenvalue weighted by molar-refractivity contribution is 5.64. The molecule has 60 valence electrons. The number of aliphatic hydroxyl groups is 1. The summed E-state index contributed by atoms with van der Waals surface area (Å²) < 4.78 is 4.46. The first-order chi connectivity index (χ1) is 4.70. The van der Waals surface area contributed by atoms with Crippen LogP contribution in [-0.4, -0.2) is 24.4 Å². The Labute approximate surface area is 60.0 Å². The van der Waals surface area contributed by atoms with Crippen molar-refractivity contribution in [1.29, 1.82) is 0 Å². The molecule has 0 saturated heterocycles. The predicted molar refractivity (Wildman–Crippen MR) is 36.4 cm³/mol. The molecular weight excluding hydrogens is 134 g/mol. The highest BCUT2D eigenvalue weighted by atomic mass is 16.5. The van der Waals surface area contributed by atoms with E-state index in [0.717, 1.165) is 6.42 Å². The van der Waals surface area contributed by atoms with Crippen LogP contribution >= 0.6 is 0 Å². The summed E-state index contributed by atoms with van der Waals surface area (Å²) in [7, 11) is 0. The van der Waals surface area contributed by atoms with Crippen LogP contribution in [0.15, 0.2) is 0 Å². The second kappa shape index (κ2) is 5.05. The molecule has 1 amide bonds. The first-order valence-electron chi connectivity index (χ1n) is 3.23. The van der Waals surface area contributed by atoms with Crippen molar-refractivity contribution in [3.8, 4) is 0 Å². The van der Waals surface area contributed by atoms with Crippen LogP contribution in [0.1, 0.15) is 13.3 Å². The smallest absolute Gasteiger partial charge is 0.404 e. The number of carbonyl (C=O) groups excluding carboxylic acids is 1. The number of primary amides is 1. The zero-order valence-electron chi connectivity index (χ0n) is 6.04. The van der Waals surface area contributed by atoms with Gasteiger partial charge in [0.2, 0.25) is 0 Å². The van der Waals surface area contributed by atoms with E-state index in [9.17, 15) is 4.79 Å². The Morgan fingerprint density at radius 2 is 2.40 bits per heavy atom. The third-order valence-corrected chi connectivity index (χ3v) is 1.30. The van der Waals surface area contributed by atoms with Gasteiger partial charge in [-0.05, 0) is 6.42 Å². The number of aliphatic hydroxyl groups excluding tert-OH is 1. The van der Waals surface area contributed by atoms with Gasteiger partial charge in [0.15, 0.2) is 0 Å². The van der Waals surface area contributed by atoms with Crippen molar-refractivity contribution in [1.82, 2.24) is 0 Å². The fourth-order valence-electron chi connectivity index (χ4n) is 0.500. The molecule has 4 heteroatoms. The van der Waals surface area contributed by atoms with Gasteiger partial charge in [0, 0.05) is 12.5 Å². The van der Waals surface area contributed by atoms with Crippen molar-refractivity contribution in [3.05, 3.63) is 0 Å². The normalized spacial score (nSPS) is 12.6. The third-order valence-electron chi connectivity index (χ3n) is 1.30. The van der Waals surface area contributed by atoms with Gasteiger partial charge in [-0.2, -0.15) is 0 Å². The Kier molecular flexibility index (Phi) is 4.66. The lowest BCUT2D eigenvalue weighted by Gasteiger charge is -2.09. The van der Waals surface area contributed by atoms with E-state index < -0.39 is 6.09 Å². The minimum absolute atomic E-state index is 0.0208. The topological polar surface area (TPSA) is 72.6 Å². The summed E-state index contributed by atoms with van der Waals surface area (Å²) in [6.07, 6.45) is -0.00375. The molecule has 0 spiro atoms. The number of nitrogens with two attached hydrogens (primary N) is 1. The van der Waals surface area contributed by atoms with Crippen LogP contribution in [0.25, 0.3) is 0 Å². The summed E-state index contributed by atoms with van der Waals surface area (Å²) in [5.74, 6) is 0.0208. The fourth-order valence-corrected chi connectivity index (χ4v) is 0.500. The summed E-state index contributed by atoms with van der Waals surface area (Å²) in [6.45, 7) is 2.15. The van der Waals surface area contributed by atoms with Gasteiger partial charge < -0.3 is 15.6 Å². The molecule has 0 radical (unpaired) electrons. The van der Waals surface area contributed by atoms with Gasteiger partial charge in [-0.1, -0.05) is 6.92 Å². The zero-order valence-corrected chi connectivity index (χ0v) is 6.04. The lowest BCUT2D eigenvalue weighted by atomic mass is 10.1. The monoisotopic (exact) mass is 147 g/mol. The molecule has 10 heavy (non-hydrogen) atoms. The predicted octanol–water partition coefficient (Wildman–Crippen LogP) is 0.100. The van der Waals surface area contributed by atoms with Crippen molar-refractivity contribution in [2.24, 2.45) is 11.7 Å². The van der Waals surface area contributed by atoms with Crippen LogP contribution in [0.5, 0.6) is 0 Å². The van der Waals surface area contributed by atoms with Gasteiger partial charge in [0.05, 0.1) is 6.61 Å². The first kappa shape index (κ1) is 9.23. The van der Waals surface area contributed by atoms with E-state index in [-0.39, 0.29) is 19.1 Å². The molecule has 0 aromatic carbocycles. The molecule has 0 unspecified atom stereocenters. The Balaban J connectivity index is 3.34. The molecule has 0 aliphatic rings. The molecule has 0 aromatic heterocycles. The number of ether oxygens (including phenoxy) is 1. The lowest BCUT2D eigenvalue weighted by Crippen LogP contribution is -2.20. The lowest BCUT2D eigenvalue weighted by molar-refractivity contribution is 0.109. The van der Waals surface area contributed by atoms with Crippen LogP contribution in [0, 0.1) is 5.92 Å². The van der Waals surface area contributed by atoms with Crippen LogP contribution in [-0.2, 0) is 4.74 Å². The second-order valence-electron chi connectivity index (χ2n) is 2.09. The average molecular weight is 147 g/mol. The van der Waals surface area contributed by atoms with E-state index in [2.05, 4.69) is 4.74 Å². The highest BCUT2D eigenvalue weighted by Gasteiger charge is 2.05. The van der Waals surface area contributed by atoms with E-state index in [0.29, 0.717) is 0 Å². The molecule has 0 rings (SSSR count). The van der Waals surface area contributed by atoms with E-state index >= 15 is 0 Å². The number of hydrogen-bond donors (Lipinski definition) is 2. The van der Waals surface area contributed by atoms with Crippen molar-refractivity contribution in [2.45, 2.75) is 13.3 Å². The van der Waals surface area contributed by atoms with E-state index in [4.69, 9.17) is 10.8 Å². The maximum absolute atomic E-state index is 10.1. The minimum atomic E-state index is -0.785. The van der Waals surface area contributed by atoms with Gasteiger partial charge in [-0.25, -0.2) is 4.79 Å². The molecule has 0 aliphatic heterocycles. The highest BCUT2D eigenvalue weighted by Crippen LogP contribution is 2.00. The summed E-state index contributed by atoms with van der Waals surface area (Å²) in [4.78, 5) is 10.1. The van der Waals surface area contributed by atoms with Crippen LogP contribution < -0.4 is 5.73 Å². The standard InChI is InChI=1S/C6H13NO3/c1-2-5(3-8)4-10-6(7)9/h5,8H,2-4H2,1H3,(H2,7,9)/t5-/m0/s1. The van der Waals surface area contributed by atoms with Crippen molar-refractivity contribution in [2.75, 3.05) is 13.2 Å². The van der Waals surface area contributed by atoms with Gasteiger partial charge in [-0.15, -0.1) is 0 Å². The van der Waals surface area contributed by atoms with Crippen molar-refractivity contribution >= 4 is 6.09 Å². The maximum atomic E-state index is 10.1. The van der Waals surface area contributed by atoms with Gasteiger partial charge in [-0.3, -0.25) is 0 Å². The Hall–Kier alpha value is -0.770. The van der Waals surface area contributed by atoms with Crippen molar-refractivity contribution in [3.63, 3.8) is 0 Å². The Bertz CT molecular complexity index is 101. The molecule has 3 N–H and O–H groups in total. The summed E-state index contributed by atoms with van der Waals surface area (Å²) >= 11 is 0.